The van der Waals surface area contributed by atoms with Crippen LogP contribution in [0.2, 0.25) is 0 Å². The summed E-state index contributed by atoms with van der Waals surface area (Å²) in [4.78, 5) is 24.4. The minimum atomic E-state index is -0.838. The topological polar surface area (TPSA) is 95.9 Å². The standard InChI is InChI=1S/C60H117NO5/c1-3-5-7-9-11-13-33-38-42-46-50-54-60(65)66-55-51-47-43-39-35-32-30-28-26-24-22-20-18-16-14-15-17-19-21-23-25-27-29-31-34-37-41-45-49-53-59(64)61-57(56-62)58(63)52-48-44-40-36-12-10-8-6-4-2/h48,52,57-58,62-63H,3-47,49-51,53-56H2,1-2H3,(H,61,64)/b52-48+. The van der Waals surface area contributed by atoms with Crippen LogP contribution in [0.25, 0.3) is 0 Å². The van der Waals surface area contributed by atoms with E-state index in [2.05, 4.69) is 19.2 Å². The molecule has 0 aromatic carbocycles. The molecule has 0 saturated heterocycles. The zero-order valence-corrected chi connectivity index (χ0v) is 44.7. The molecule has 0 radical (unpaired) electrons. The third-order valence-electron chi connectivity index (χ3n) is 14.1. The normalized spacial score (nSPS) is 12.6. The first-order valence-electron chi connectivity index (χ1n) is 30.0. The fourth-order valence-corrected chi connectivity index (χ4v) is 9.46. The number of amides is 1. The van der Waals surface area contributed by atoms with Gasteiger partial charge in [0.25, 0.3) is 0 Å². The number of carbonyl (C=O) groups excluding carboxylic acids is 2. The number of rotatable bonds is 56. The molecular weight excluding hydrogens is 815 g/mol. The first-order chi connectivity index (χ1) is 32.5. The van der Waals surface area contributed by atoms with Crippen molar-refractivity contribution >= 4 is 11.9 Å². The number of ether oxygens (including phenoxy) is 1. The van der Waals surface area contributed by atoms with E-state index in [1.807, 2.05) is 6.08 Å². The van der Waals surface area contributed by atoms with Gasteiger partial charge >= 0.3 is 5.97 Å². The van der Waals surface area contributed by atoms with Crippen LogP contribution in [0.4, 0.5) is 0 Å². The van der Waals surface area contributed by atoms with Gasteiger partial charge in [0.2, 0.25) is 5.91 Å². The van der Waals surface area contributed by atoms with E-state index < -0.39 is 12.1 Å². The predicted octanol–water partition coefficient (Wildman–Crippen LogP) is 18.5. The molecule has 66 heavy (non-hydrogen) atoms. The third-order valence-corrected chi connectivity index (χ3v) is 14.1. The lowest BCUT2D eigenvalue weighted by atomic mass is 10.0. The average Bonchev–Trinajstić information content (AvgIpc) is 3.32. The van der Waals surface area contributed by atoms with Gasteiger partial charge in [0.1, 0.15) is 0 Å². The van der Waals surface area contributed by atoms with E-state index in [-0.39, 0.29) is 18.5 Å². The zero-order valence-electron chi connectivity index (χ0n) is 44.7. The van der Waals surface area contributed by atoms with E-state index in [1.165, 1.54) is 270 Å². The Morgan fingerprint density at radius 2 is 0.697 bits per heavy atom. The Bertz CT molecular complexity index is 986. The molecule has 2 unspecified atom stereocenters. The van der Waals surface area contributed by atoms with Crippen molar-refractivity contribution in [2.45, 2.75) is 347 Å². The molecule has 0 heterocycles. The molecular formula is C60H117NO5. The fourth-order valence-electron chi connectivity index (χ4n) is 9.46. The summed E-state index contributed by atoms with van der Waals surface area (Å²) in [6, 6.07) is -0.622. The van der Waals surface area contributed by atoms with Crippen LogP contribution >= 0.6 is 0 Å². The summed E-state index contributed by atoms with van der Waals surface area (Å²) in [7, 11) is 0. The largest absolute Gasteiger partial charge is 0.466 e. The van der Waals surface area contributed by atoms with Crippen molar-refractivity contribution in [3.63, 3.8) is 0 Å². The number of hydrogen-bond acceptors (Lipinski definition) is 5. The van der Waals surface area contributed by atoms with Gasteiger partial charge in [0.05, 0.1) is 25.4 Å². The molecule has 3 N–H and O–H groups in total. The van der Waals surface area contributed by atoms with E-state index in [4.69, 9.17) is 4.74 Å². The van der Waals surface area contributed by atoms with E-state index in [0.717, 1.165) is 38.5 Å². The first kappa shape index (κ1) is 64.6. The molecule has 6 nitrogen and oxygen atoms in total. The second-order valence-electron chi connectivity index (χ2n) is 20.7. The Labute approximate surface area is 412 Å². The number of allylic oxidation sites excluding steroid dienone is 1. The van der Waals surface area contributed by atoms with Crippen LogP contribution < -0.4 is 5.32 Å². The quantitative estimate of drug-likeness (QED) is 0.0321. The van der Waals surface area contributed by atoms with Gasteiger partial charge in [-0.25, -0.2) is 0 Å². The molecule has 392 valence electrons. The van der Waals surface area contributed by atoms with E-state index >= 15 is 0 Å². The summed E-state index contributed by atoms with van der Waals surface area (Å²) >= 11 is 0. The monoisotopic (exact) mass is 932 g/mol. The summed E-state index contributed by atoms with van der Waals surface area (Å²) in [5.74, 6) is -0.0469. The van der Waals surface area contributed by atoms with E-state index in [1.54, 1.807) is 6.08 Å². The van der Waals surface area contributed by atoms with E-state index in [0.29, 0.717) is 19.4 Å². The molecule has 2 atom stereocenters. The summed E-state index contributed by atoms with van der Waals surface area (Å²) in [6.45, 7) is 4.89. The first-order valence-corrected chi connectivity index (χ1v) is 30.0. The summed E-state index contributed by atoms with van der Waals surface area (Å²) in [5, 5.41) is 22.9. The van der Waals surface area contributed by atoms with Crippen LogP contribution in [0.3, 0.4) is 0 Å². The number of nitrogens with one attached hydrogen (secondary N) is 1. The van der Waals surface area contributed by atoms with Gasteiger partial charge in [-0.3, -0.25) is 9.59 Å². The Balaban J connectivity index is 3.31. The molecule has 1 amide bonds. The summed E-state index contributed by atoms with van der Waals surface area (Å²) in [6.07, 6.45) is 67.0. The molecule has 0 aliphatic carbocycles. The molecule has 0 fully saturated rings. The molecule has 6 heteroatoms. The lowest BCUT2D eigenvalue weighted by molar-refractivity contribution is -0.143. The average molecular weight is 933 g/mol. The lowest BCUT2D eigenvalue weighted by Gasteiger charge is -2.20. The van der Waals surface area contributed by atoms with Crippen molar-refractivity contribution in [2.75, 3.05) is 13.2 Å². The fraction of sp³-hybridized carbons (Fsp3) is 0.933. The third kappa shape index (κ3) is 52.0. The summed E-state index contributed by atoms with van der Waals surface area (Å²) in [5.41, 5.74) is 0. The highest BCUT2D eigenvalue weighted by Crippen LogP contribution is 2.18. The minimum absolute atomic E-state index is 0.0190. The predicted molar refractivity (Wildman–Crippen MR) is 287 cm³/mol. The Kier molecular flexibility index (Phi) is 55.0. The molecule has 0 saturated carbocycles. The Morgan fingerprint density at radius 3 is 1.03 bits per heavy atom. The molecule has 0 rings (SSSR count). The highest BCUT2D eigenvalue weighted by Gasteiger charge is 2.18. The maximum atomic E-state index is 12.4. The molecule has 0 aliphatic heterocycles. The smallest absolute Gasteiger partial charge is 0.305 e. The van der Waals surface area contributed by atoms with Crippen molar-refractivity contribution in [1.82, 2.24) is 5.32 Å². The minimum Gasteiger partial charge on any atom is -0.466 e. The number of carbonyl (C=O) groups is 2. The van der Waals surface area contributed by atoms with Crippen LogP contribution in [0.15, 0.2) is 12.2 Å². The number of aliphatic hydroxyl groups excluding tert-OH is 2. The maximum Gasteiger partial charge on any atom is 0.305 e. The van der Waals surface area contributed by atoms with Crippen LogP contribution in [0, 0.1) is 0 Å². The molecule has 0 aliphatic rings. The van der Waals surface area contributed by atoms with Crippen LogP contribution in [-0.2, 0) is 14.3 Å². The van der Waals surface area contributed by atoms with Gasteiger partial charge in [-0.15, -0.1) is 0 Å². The molecule has 0 bridgehead atoms. The second-order valence-corrected chi connectivity index (χ2v) is 20.7. The van der Waals surface area contributed by atoms with Crippen molar-refractivity contribution in [1.29, 1.82) is 0 Å². The number of unbranched alkanes of at least 4 members (excludes halogenated alkanes) is 45. The van der Waals surface area contributed by atoms with Gasteiger partial charge in [0, 0.05) is 12.8 Å². The van der Waals surface area contributed by atoms with Gasteiger partial charge in [0.15, 0.2) is 0 Å². The van der Waals surface area contributed by atoms with Crippen molar-refractivity contribution in [2.24, 2.45) is 0 Å². The van der Waals surface area contributed by atoms with Gasteiger partial charge in [-0.1, -0.05) is 302 Å². The SMILES string of the molecule is CCCCCCCCC/C=C/C(O)C(CO)NC(=O)CCCCCCCCCCCCCCCCCCCCCCCCCCCCCCCOC(=O)CCCCCCCCCCCCC. The second kappa shape index (κ2) is 56.2. The molecule has 0 aromatic heterocycles. The van der Waals surface area contributed by atoms with Crippen LogP contribution in [0.1, 0.15) is 335 Å². The highest BCUT2D eigenvalue weighted by atomic mass is 16.5. The summed E-state index contributed by atoms with van der Waals surface area (Å²) < 4.78 is 5.47. The Hall–Kier alpha value is -1.40. The molecule has 0 spiro atoms. The highest BCUT2D eigenvalue weighted by molar-refractivity contribution is 5.76. The molecule has 0 aromatic rings. The number of aliphatic hydroxyl groups is 2. The number of esters is 1. The van der Waals surface area contributed by atoms with E-state index in [9.17, 15) is 19.8 Å². The van der Waals surface area contributed by atoms with Crippen molar-refractivity contribution in [3.05, 3.63) is 12.2 Å². The number of hydrogen-bond donors (Lipinski definition) is 3. The van der Waals surface area contributed by atoms with Gasteiger partial charge in [-0.05, 0) is 32.1 Å². The van der Waals surface area contributed by atoms with Crippen LogP contribution in [0.5, 0.6) is 0 Å². The van der Waals surface area contributed by atoms with Crippen molar-refractivity contribution < 1.29 is 24.5 Å². The van der Waals surface area contributed by atoms with Gasteiger partial charge in [-0.2, -0.15) is 0 Å². The maximum absolute atomic E-state index is 12.4. The van der Waals surface area contributed by atoms with Crippen molar-refractivity contribution in [3.8, 4) is 0 Å². The Morgan fingerprint density at radius 1 is 0.409 bits per heavy atom. The van der Waals surface area contributed by atoms with Crippen LogP contribution in [-0.4, -0.2) is 47.4 Å². The van der Waals surface area contributed by atoms with Gasteiger partial charge < -0.3 is 20.3 Å². The zero-order chi connectivity index (χ0) is 47.9. The lowest BCUT2D eigenvalue weighted by Crippen LogP contribution is -2.45.